The zero-order chi connectivity index (χ0) is 9.10. The molecule has 2 heterocycles. The summed E-state index contributed by atoms with van der Waals surface area (Å²) >= 11 is 0. The topological polar surface area (TPSA) is 37.9 Å². The first kappa shape index (κ1) is 8.75. The quantitative estimate of drug-likeness (QED) is 0.754. The van der Waals surface area contributed by atoms with E-state index < -0.39 is 0 Å². The second-order valence-electron chi connectivity index (χ2n) is 3.56. The van der Waals surface area contributed by atoms with Crippen molar-refractivity contribution in [1.82, 2.24) is 10.2 Å². The van der Waals surface area contributed by atoms with Gasteiger partial charge in [0.05, 0.1) is 5.69 Å². The molecule has 13 heavy (non-hydrogen) atoms. The number of hydrogen-bond acceptors (Lipinski definition) is 2. The standard InChI is InChI=1S/C10H16N2O/c1-2-9-7-10(12-11-9)8-3-5-13-6-4-8/h7-8H,2-6H2,1H3,(H,11,12). The number of hydrogen-bond donors (Lipinski definition) is 1. The van der Waals surface area contributed by atoms with Gasteiger partial charge in [-0.1, -0.05) is 6.92 Å². The first-order valence-electron chi connectivity index (χ1n) is 5.02. The minimum atomic E-state index is 0.616. The molecule has 1 N–H and O–H groups in total. The van der Waals surface area contributed by atoms with E-state index in [-0.39, 0.29) is 0 Å². The monoisotopic (exact) mass is 180 g/mol. The largest absolute Gasteiger partial charge is 0.381 e. The molecule has 1 aromatic heterocycles. The number of aromatic nitrogens is 2. The van der Waals surface area contributed by atoms with Crippen LogP contribution in [0.15, 0.2) is 6.07 Å². The maximum absolute atomic E-state index is 5.32. The summed E-state index contributed by atoms with van der Waals surface area (Å²) in [6, 6.07) is 2.19. The van der Waals surface area contributed by atoms with Crippen molar-refractivity contribution >= 4 is 0 Å². The fourth-order valence-corrected chi connectivity index (χ4v) is 1.76. The van der Waals surface area contributed by atoms with Gasteiger partial charge in [-0.3, -0.25) is 5.10 Å². The van der Waals surface area contributed by atoms with Crippen molar-refractivity contribution in [2.24, 2.45) is 0 Å². The lowest BCUT2D eigenvalue weighted by Crippen LogP contribution is -2.14. The van der Waals surface area contributed by atoms with Crippen molar-refractivity contribution in [1.29, 1.82) is 0 Å². The molecule has 1 aliphatic rings. The summed E-state index contributed by atoms with van der Waals surface area (Å²) < 4.78 is 5.32. The summed E-state index contributed by atoms with van der Waals surface area (Å²) in [5.74, 6) is 0.616. The van der Waals surface area contributed by atoms with Crippen molar-refractivity contribution in [3.63, 3.8) is 0 Å². The molecule has 0 bridgehead atoms. The Hall–Kier alpha value is -0.830. The molecule has 0 unspecified atom stereocenters. The Morgan fingerprint density at radius 1 is 1.54 bits per heavy atom. The van der Waals surface area contributed by atoms with Crippen LogP contribution >= 0.6 is 0 Å². The van der Waals surface area contributed by atoms with E-state index in [2.05, 4.69) is 23.2 Å². The number of nitrogens with one attached hydrogen (secondary N) is 1. The predicted octanol–water partition coefficient (Wildman–Crippen LogP) is 1.87. The van der Waals surface area contributed by atoms with Crippen LogP contribution in [0.1, 0.15) is 37.1 Å². The van der Waals surface area contributed by atoms with E-state index in [1.807, 2.05) is 0 Å². The van der Waals surface area contributed by atoms with Gasteiger partial charge in [0.25, 0.3) is 0 Å². The minimum Gasteiger partial charge on any atom is -0.381 e. The molecule has 3 nitrogen and oxygen atoms in total. The fraction of sp³-hybridized carbons (Fsp3) is 0.700. The van der Waals surface area contributed by atoms with Crippen LogP contribution in [0.25, 0.3) is 0 Å². The molecule has 72 valence electrons. The summed E-state index contributed by atoms with van der Waals surface area (Å²) in [5.41, 5.74) is 2.46. The average molecular weight is 180 g/mol. The van der Waals surface area contributed by atoms with E-state index >= 15 is 0 Å². The molecule has 2 rings (SSSR count). The Labute approximate surface area is 78.5 Å². The zero-order valence-electron chi connectivity index (χ0n) is 8.05. The van der Waals surface area contributed by atoms with Crippen LogP contribution in [0.5, 0.6) is 0 Å². The van der Waals surface area contributed by atoms with Crippen molar-refractivity contribution in [2.75, 3.05) is 13.2 Å². The number of H-pyrrole nitrogens is 1. The second-order valence-corrected chi connectivity index (χ2v) is 3.56. The van der Waals surface area contributed by atoms with Gasteiger partial charge in [-0.25, -0.2) is 0 Å². The minimum absolute atomic E-state index is 0.616. The molecule has 0 saturated carbocycles. The van der Waals surface area contributed by atoms with E-state index in [4.69, 9.17) is 4.74 Å². The van der Waals surface area contributed by atoms with Gasteiger partial charge in [0.1, 0.15) is 0 Å². The molecule has 0 amide bonds. The molecule has 0 spiro atoms. The van der Waals surface area contributed by atoms with Crippen LogP contribution in [0.3, 0.4) is 0 Å². The normalized spacial score (nSPS) is 19.2. The summed E-state index contributed by atoms with van der Waals surface area (Å²) in [6.45, 7) is 3.92. The molecule has 0 aromatic carbocycles. The Morgan fingerprint density at radius 3 is 2.92 bits per heavy atom. The van der Waals surface area contributed by atoms with Gasteiger partial charge in [-0.2, -0.15) is 5.10 Å². The Bertz CT molecular complexity index is 264. The highest BCUT2D eigenvalue weighted by Gasteiger charge is 2.17. The van der Waals surface area contributed by atoms with E-state index in [1.54, 1.807) is 0 Å². The van der Waals surface area contributed by atoms with E-state index in [1.165, 1.54) is 11.4 Å². The molecule has 1 aliphatic heterocycles. The number of aromatic amines is 1. The van der Waals surface area contributed by atoms with E-state index in [0.717, 1.165) is 32.5 Å². The molecule has 1 saturated heterocycles. The molecule has 1 fully saturated rings. The number of aryl methyl sites for hydroxylation is 1. The van der Waals surface area contributed by atoms with E-state index in [0.29, 0.717) is 5.92 Å². The Kier molecular flexibility index (Phi) is 2.64. The van der Waals surface area contributed by atoms with E-state index in [9.17, 15) is 0 Å². The van der Waals surface area contributed by atoms with Crippen molar-refractivity contribution in [2.45, 2.75) is 32.1 Å². The van der Waals surface area contributed by atoms with Crippen LogP contribution in [-0.4, -0.2) is 23.4 Å². The highest BCUT2D eigenvalue weighted by Crippen LogP contribution is 2.25. The van der Waals surface area contributed by atoms with Crippen LogP contribution in [0.4, 0.5) is 0 Å². The summed E-state index contributed by atoms with van der Waals surface area (Å²) in [5, 5.41) is 7.39. The second kappa shape index (κ2) is 3.92. The van der Waals surface area contributed by atoms with Crippen molar-refractivity contribution < 1.29 is 4.74 Å². The third-order valence-electron chi connectivity index (χ3n) is 2.67. The summed E-state index contributed by atoms with van der Waals surface area (Å²) in [4.78, 5) is 0. The molecule has 0 aliphatic carbocycles. The number of rotatable bonds is 2. The average Bonchev–Trinajstić information content (AvgIpc) is 2.67. The van der Waals surface area contributed by atoms with Crippen LogP contribution in [0.2, 0.25) is 0 Å². The van der Waals surface area contributed by atoms with Gasteiger partial charge < -0.3 is 4.74 Å². The van der Waals surface area contributed by atoms with Crippen LogP contribution < -0.4 is 0 Å². The van der Waals surface area contributed by atoms with Gasteiger partial charge in [0.15, 0.2) is 0 Å². The van der Waals surface area contributed by atoms with Gasteiger partial charge in [0.2, 0.25) is 0 Å². The maximum Gasteiger partial charge on any atom is 0.0657 e. The third kappa shape index (κ3) is 1.91. The molecule has 1 aromatic rings. The lowest BCUT2D eigenvalue weighted by atomic mass is 9.96. The highest BCUT2D eigenvalue weighted by atomic mass is 16.5. The first-order chi connectivity index (χ1) is 6.40. The molecule has 0 atom stereocenters. The molecule has 0 radical (unpaired) electrons. The Balaban J connectivity index is 2.05. The number of ether oxygens (including phenoxy) is 1. The van der Waals surface area contributed by atoms with Crippen LogP contribution in [-0.2, 0) is 11.2 Å². The SMILES string of the molecule is CCc1cc(C2CCOCC2)n[nH]1. The third-order valence-corrected chi connectivity index (χ3v) is 2.67. The molecular formula is C10H16N2O. The van der Waals surface area contributed by atoms with Gasteiger partial charge in [-0.05, 0) is 25.3 Å². The molecular weight excluding hydrogens is 164 g/mol. The lowest BCUT2D eigenvalue weighted by Gasteiger charge is -2.19. The summed E-state index contributed by atoms with van der Waals surface area (Å²) in [7, 11) is 0. The lowest BCUT2D eigenvalue weighted by molar-refractivity contribution is 0.0845. The van der Waals surface area contributed by atoms with Gasteiger partial charge >= 0.3 is 0 Å². The van der Waals surface area contributed by atoms with Crippen molar-refractivity contribution in [3.8, 4) is 0 Å². The van der Waals surface area contributed by atoms with Gasteiger partial charge in [0, 0.05) is 24.8 Å². The fourth-order valence-electron chi connectivity index (χ4n) is 1.76. The summed E-state index contributed by atoms with van der Waals surface area (Å²) in [6.07, 6.45) is 3.28. The van der Waals surface area contributed by atoms with Crippen molar-refractivity contribution in [3.05, 3.63) is 17.5 Å². The first-order valence-corrected chi connectivity index (χ1v) is 5.02. The van der Waals surface area contributed by atoms with Gasteiger partial charge in [-0.15, -0.1) is 0 Å². The smallest absolute Gasteiger partial charge is 0.0657 e. The number of nitrogens with zero attached hydrogens (tertiary/aromatic N) is 1. The molecule has 3 heteroatoms. The zero-order valence-corrected chi connectivity index (χ0v) is 8.05. The highest BCUT2D eigenvalue weighted by molar-refractivity contribution is 5.13. The van der Waals surface area contributed by atoms with Crippen LogP contribution in [0, 0.1) is 0 Å². The maximum atomic E-state index is 5.32. The predicted molar refractivity (Wildman–Crippen MR) is 50.8 cm³/mol. The Morgan fingerprint density at radius 2 is 2.31 bits per heavy atom.